The summed E-state index contributed by atoms with van der Waals surface area (Å²) in [5.74, 6) is 1.57. The van der Waals surface area contributed by atoms with Gasteiger partial charge in [-0.2, -0.15) is 0 Å². The van der Waals surface area contributed by atoms with Crippen LogP contribution in [0.4, 0.5) is 11.4 Å². The number of fused-ring (bicyclic) bond motifs is 1. The summed E-state index contributed by atoms with van der Waals surface area (Å²) < 4.78 is 18.4. The Kier molecular flexibility index (Phi) is 14.2. The smallest absolute Gasteiger partial charge is 0.325 e. The maximum absolute atomic E-state index is 13.7. The van der Waals surface area contributed by atoms with Gasteiger partial charge in [-0.1, -0.05) is 45.4 Å². The van der Waals surface area contributed by atoms with E-state index in [4.69, 9.17) is 14.2 Å². The molecule has 0 atom stereocenters. The minimum absolute atomic E-state index is 0.0961. The summed E-state index contributed by atoms with van der Waals surface area (Å²) in [6.45, 7) is 12.4. The summed E-state index contributed by atoms with van der Waals surface area (Å²) in [6.07, 6.45) is 8.30. The zero-order chi connectivity index (χ0) is 36.0. The molecule has 0 saturated heterocycles. The van der Waals surface area contributed by atoms with E-state index in [1.165, 1.54) is 0 Å². The number of unbranched alkanes of at least 4 members (excludes halogenated alkanes) is 1. The quantitative estimate of drug-likeness (QED) is 0.0625. The molecule has 0 unspecified atom stereocenters. The number of carbonyl (C=O) groups is 2. The molecule has 0 bridgehead atoms. The zero-order valence-electron chi connectivity index (χ0n) is 30.2. The topological polar surface area (TPSA) is 94.9 Å². The van der Waals surface area contributed by atoms with Crippen LogP contribution in [0, 0.1) is 5.92 Å². The van der Waals surface area contributed by atoms with Gasteiger partial charge < -0.3 is 29.0 Å². The minimum atomic E-state index is -0.280. The van der Waals surface area contributed by atoms with Crippen LogP contribution in [0.15, 0.2) is 89.7 Å². The lowest BCUT2D eigenvalue weighted by atomic mass is 10.00. The highest BCUT2D eigenvalue weighted by molar-refractivity contribution is 7.98. The molecule has 3 aromatic carbocycles. The Hall–Kier alpha value is -4.54. The molecule has 0 radical (unpaired) electrons. The fourth-order valence-electron chi connectivity index (χ4n) is 5.85. The molecular weight excluding hydrogens is 661 g/mol. The number of esters is 1. The van der Waals surface area contributed by atoms with Crippen LogP contribution in [-0.2, 0) is 31.4 Å². The summed E-state index contributed by atoms with van der Waals surface area (Å²) in [5, 5.41) is 3.13. The summed E-state index contributed by atoms with van der Waals surface area (Å²) in [5.41, 5.74) is 6.78. The molecule has 9 nitrogen and oxygen atoms in total. The number of imidazole rings is 1. The van der Waals surface area contributed by atoms with Gasteiger partial charge in [0.25, 0.3) is 5.91 Å². The van der Waals surface area contributed by atoms with E-state index in [1.807, 2.05) is 47.0 Å². The summed E-state index contributed by atoms with van der Waals surface area (Å²) in [7, 11) is 0. The molecule has 0 fully saturated rings. The maximum atomic E-state index is 13.7. The van der Waals surface area contributed by atoms with Gasteiger partial charge in [-0.05, 0) is 97.0 Å². The first-order chi connectivity index (χ1) is 24.8. The van der Waals surface area contributed by atoms with Crippen molar-refractivity contribution in [3.8, 4) is 16.9 Å². The number of benzene rings is 3. The van der Waals surface area contributed by atoms with Gasteiger partial charge in [-0.3, -0.25) is 9.59 Å². The molecule has 1 aliphatic rings. The second-order valence-corrected chi connectivity index (χ2v) is 14.0. The Morgan fingerprint density at radius 1 is 0.961 bits per heavy atom. The van der Waals surface area contributed by atoms with Gasteiger partial charge in [0.05, 0.1) is 19.5 Å². The van der Waals surface area contributed by atoms with Gasteiger partial charge in [0.2, 0.25) is 0 Å². The molecule has 0 spiro atoms. The molecule has 270 valence electrons. The predicted molar refractivity (Wildman–Crippen MR) is 206 cm³/mol. The zero-order valence-corrected chi connectivity index (χ0v) is 31.0. The number of aromatic nitrogens is 2. The van der Waals surface area contributed by atoms with Crippen molar-refractivity contribution in [3.05, 3.63) is 96.1 Å². The van der Waals surface area contributed by atoms with Crippen LogP contribution in [0.3, 0.4) is 0 Å². The second kappa shape index (κ2) is 19.2. The average Bonchev–Trinajstić information content (AvgIpc) is 3.48. The van der Waals surface area contributed by atoms with E-state index in [-0.39, 0.29) is 18.4 Å². The first kappa shape index (κ1) is 37.7. The third-order valence-electron chi connectivity index (χ3n) is 8.45. The first-order valence-electron chi connectivity index (χ1n) is 17.9. The Bertz CT molecular complexity index is 1750. The van der Waals surface area contributed by atoms with Crippen molar-refractivity contribution in [2.45, 2.75) is 64.2 Å². The maximum Gasteiger partial charge on any atom is 0.325 e. The molecule has 51 heavy (non-hydrogen) atoms. The number of hydrogen-bond acceptors (Lipinski definition) is 8. The molecule has 2 heterocycles. The van der Waals surface area contributed by atoms with Crippen LogP contribution in [0.5, 0.6) is 5.75 Å². The SMILES string of the molecule is CCCCOCCOc1ccc(-c2ccc3c(c2)C=C(C(=O)Nc2ccc(SCc4cncn4CC(=O)OCC)cc2)CCN3CC(C)C)cc1. The van der Waals surface area contributed by atoms with Crippen molar-refractivity contribution in [2.24, 2.45) is 5.92 Å². The van der Waals surface area contributed by atoms with E-state index in [0.29, 0.717) is 37.9 Å². The number of anilines is 2. The van der Waals surface area contributed by atoms with E-state index in [9.17, 15) is 9.59 Å². The minimum Gasteiger partial charge on any atom is -0.491 e. The highest BCUT2D eigenvalue weighted by atomic mass is 32.2. The van der Waals surface area contributed by atoms with Gasteiger partial charge in [0.1, 0.15) is 18.9 Å². The number of thioether (sulfide) groups is 1. The van der Waals surface area contributed by atoms with Crippen molar-refractivity contribution in [1.29, 1.82) is 0 Å². The Morgan fingerprint density at radius 2 is 1.75 bits per heavy atom. The highest BCUT2D eigenvalue weighted by Gasteiger charge is 2.21. The predicted octanol–water partition coefficient (Wildman–Crippen LogP) is 8.49. The number of hydrogen-bond donors (Lipinski definition) is 1. The van der Waals surface area contributed by atoms with E-state index >= 15 is 0 Å². The lowest BCUT2D eigenvalue weighted by Crippen LogP contribution is -2.29. The van der Waals surface area contributed by atoms with E-state index < -0.39 is 0 Å². The number of rotatable bonds is 18. The molecule has 1 amide bonds. The number of nitrogens with one attached hydrogen (secondary N) is 1. The van der Waals surface area contributed by atoms with Gasteiger partial charge in [-0.25, -0.2) is 4.98 Å². The number of carbonyl (C=O) groups excluding carboxylic acids is 2. The lowest BCUT2D eigenvalue weighted by Gasteiger charge is -2.27. The van der Waals surface area contributed by atoms with E-state index in [0.717, 1.165) is 82.5 Å². The Labute approximate surface area is 306 Å². The van der Waals surface area contributed by atoms with Gasteiger partial charge in [-0.15, -0.1) is 11.8 Å². The second-order valence-electron chi connectivity index (χ2n) is 13.0. The summed E-state index contributed by atoms with van der Waals surface area (Å²) >= 11 is 1.64. The fourth-order valence-corrected chi connectivity index (χ4v) is 6.74. The molecular formula is C41H50N4O5S. The van der Waals surface area contributed by atoms with Crippen molar-refractivity contribution in [1.82, 2.24) is 9.55 Å². The third kappa shape index (κ3) is 11.2. The molecule has 5 rings (SSSR count). The Balaban J connectivity index is 1.24. The van der Waals surface area contributed by atoms with Crippen LogP contribution in [-0.4, -0.2) is 60.9 Å². The van der Waals surface area contributed by atoms with Crippen molar-refractivity contribution in [3.63, 3.8) is 0 Å². The molecule has 1 aliphatic heterocycles. The van der Waals surface area contributed by atoms with Crippen molar-refractivity contribution >= 4 is 41.1 Å². The normalized spacial score (nSPS) is 12.6. The van der Waals surface area contributed by atoms with Crippen LogP contribution in [0.1, 0.15) is 58.2 Å². The van der Waals surface area contributed by atoms with Crippen molar-refractivity contribution < 1.29 is 23.8 Å². The largest absolute Gasteiger partial charge is 0.491 e. The molecule has 0 saturated carbocycles. The third-order valence-corrected chi connectivity index (χ3v) is 9.50. The lowest BCUT2D eigenvalue weighted by molar-refractivity contribution is -0.143. The first-order valence-corrected chi connectivity index (χ1v) is 18.9. The van der Waals surface area contributed by atoms with Gasteiger partial charge >= 0.3 is 5.97 Å². The van der Waals surface area contributed by atoms with Gasteiger partial charge in [0, 0.05) is 59.2 Å². The molecule has 1 N–H and O–H groups in total. The summed E-state index contributed by atoms with van der Waals surface area (Å²) in [4.78, 5) is 33.2. The fraction of sp³-hybridized carbons (Fsp3) is 0.390. The van der Waals surface area contributed by atoms with Crippen LogP contribution < -0.4 is 15.0 Å². The number of ether oxygens (including phenoxy) is 3. The summed E-state index contributed by atoms with van der Waals surface area (Å²) in [6, 6.07) is 22.5. The van der Waals surface area contributed by atoms with Crippen LogP contribution >= 0.6 is 11.8 Å². The number of nitrogens with zero attached hydrogens (tertiary/aromatic N) is 3. The molecule has 0 aliphatic carbocycles. The highest BCUT2D eigenvalue weighted by Crippen LogP contribution is 2.34. The van der Waals surface area contributed by atoms with Crippen molar-refractivity contribution in [2.75, 3.05) is 49.7 Å². The molecule has 1 aromatic heterocycles. The van der Waals surface area contributed by atoms with Crippen LogP contribution in [0.2, 0.25) is 0 Å². The average molecular weight is 711 g/mol. The molecule has 4 aromatic rings. The van der Waals surface area contributed by atoms with Crippen LogP contribution in [0.25, 0.3) is 17.2 Å². The number of amides is 1. The van der Waals surface area contributed by atoms with E-state index in [2.05, 4.69) is 66.3 Å². The monoisotopic (exact) mass is 710 g/mol. The Morgan fingerprint density at radius 3 is 2.49 bits per heavy atom. The molecule has 10 heteroatoms. The van der Waals surface area contributed by atoms with E-state index in [1.54, 1.807) is 31.2 Å². The standard InChI is InChI=1S/C41H50N4O5S/c1-5-7-20-48-21-22-50-37-13-8-31(9-14-37)32-10-17-39-34(23-32)24-33(18-19-44(39)26-30(3)4)41(47)43-35-11-15-38(16-12-35)51-28-36-25-42-29-45(36)27-40(46)49-6-2/h8-17,23-25,29-30H,5-7,18-22,26-28H2,1-4H3,(H,43,47). The van der Waals surface area contributed by atoms with Gasteiger partial charge in [0.15, 0.2) is 0 Å².